The summed E-state index contributed by atoms with van der Waals surface area (Å²) in [6.45, 7) is -0.0688. The van der Waals surface area contributed by atoms with E-state index in [1.165, 1.54) is 12.1 Å². The molecule has 0 unspecified atom stereocenters. The van der Waals surface area contributed by atoms with E-state index < -0.39 is 5.97 Å². The Kier molecular flexibility index (Phi) is 3.62. The molecule has 0 saturated heterocycles. The average molecular weight is 195 g/mol. The Bertz CT molecular complexity index is 308. The highest BCUT2D eigenvalue weighted by atomic mass is 16.4. The predicted octanol–water partition coefficient (Wildman–Crippen LogP) is 0.247. The van der Waals surface area contributed by atoms with E-state index in [1.54, 1.807) is 12.1 Å². The summed E-state index contributed by atoms with van der Waals surface area (Å²) in [5.74, 6) is -0.942. The van der Waals surface area contributed by atoms with Crippen LogP contribution >= 0.6 is 0 Å². The second-order valence-electron chi connectivity index (χ2n) is 3.15. The summed E-state index contributed by atoms with van der Waals surface area (Å²) >= 11 is 0. The van der Waals surface area contributed by atoms with E-state index in [0.29, 0.717) is 6.42 Å². The maximum Gasteiger partial charge on any atom is 0.335 e. The molecular weight excluding hydrogens is 182 g/mol. The van der Waals surface area contributed by atoms with E-state index in [9.17, 15) is 4.79 Å². The number of carboxylic acid groups (broad SMARTS) is 1. The van der Waals surface area contributed by atoms with E-state index >= 15 is 0 Å². The molecule has 1 aromatic rings. The van der Waals surface area contributed by atoms with Crippen LogP contribution in [0.1, 0.15) is 15.9 Å². The summed E-state index contributed by atoms with van der Waals surface area (Å²) in [6, 6.07) is 6.19. The van der Waals surface area contributed by atoms with Crippen molar-refractivity contribution in [1.82, 2.24) is 0 Å². The number of aromatic carboxylic acids is 1. The minimum atomic E-state index is -0.942. The lowest BCUT2D eigenvalue weighted by Crippen LogP contribution is -2.26. The van der Waals surface area contributed by atoms with Gasteiger partial charge in [-0.1, -0.05) is 12.1 Å². The van der Waals surface area contributed by atoms with Gasteiger partial charge in [0.15, 0.2) is 0 Å². The lowest BCUT2D eigenvalue weighted by molar-refractivity contribution is 0.0697. The van der Waals surface area contributed by atoms with Gasteiger partial charge in [0.2, 0.25) is 0 Å². The first-order valence-electron chi connectivity index (χ1n) is 4.32. The van der Waals surface area contributed by atoms with Gasteiger partial charge in [-0.3, -0.25) is 0 Å². The molecule has 1 atom stereocenters. The Labute approximate surface area is 82.0 Å². The molecule has 1 aromatic carbocycles. The first-order valence-corrected chi connectivity index (χ1v) is 4.32. The Morgan fingerprint density at radius 2 is 1.93 bits per heavy atom. The highest BCUT2D eigenvalue weighted by Crippen LogP contribution is 2.06. The summed E-state index contributed by atoms with van der Waals surface area (Å²) < 4.78 is 0. The normalized spacial score (nSPS) is 12.4. The van der Waals surface area contributed by atoms with Crippen LogP contribution in [0.15, 0.2) is 24.3 Å². The third-order valence-corrected chi connectivity index (χ3v) is 1.93. The van der Waals surface area contributed by atoms with Crippen LogP contribution in [0.5, 0.6) is 0 Å². The van der Waals surface area contributed by atoms with Crippen molar-refractivity contribution in [2.45, 2.75) is 12.5 Å². The van der Waals surface area contributed by atoms with E-state index in [4.69, 9.17) is 15.9 Å². The summed E-state index contributed by atoms with van der Waals surface area (Å²) in [5.41, 5.74) is 6.72. The molecule has 4 nitrogen and oxygen atoms in total. The Morgan fingerprint density at radius 3 is 2.36 bits per heavy atom. The van der Waals surface area contributed by atoms with Crippen LogP contribution in [0.3, 0.4) is 0 Å². The second-order valence-corrected chi connectivity index (χ2v) is 3.15. The Hall–Kier alpha value is -1.39. The number of benzene rings is 1. The smallest absolute Gasteiger partial charge is 0.335 e. The zero-order valence-electron chi connectivity index (χ0n) is 7.68. The van der Waals surface area contributed by atoms with Crippen LogP contribution in [0, 0.1) is 0 Å². The molecule has 0 amide bonds. The van der Waals surface area contributed by atoms with Crippen LogP contribution in [0.25, 0.3) is 0 Å². The molecule has 0 fully saturated rings. The van der Waals surface area contributed by atoms with Crippen LogP contribution in [-0.2, 0) is 6.42 Å². The minimum Gasteiger partial charge on any atom is -0.478 e. The van der Waals surface area contributed by atoms with Gasteiger partial charge in [-0.05, 0) is 24.1 Å². The van der Waals surface area contributed by atoms with Crippen molar-refractivity contribution in [3.63, 3.8) is 0 Å². The van der Waals surface area contributed by atoms with Crippen molar-refractivity contribution in [3.8, 4) is 0 Å². The number of hydrogen-bond acceptors (Lipinski definition) is 3. The lowest BCUT2D eigenvalue weighted by Gasteiger charge is -2.07. The van der Waals surface area contributed by atoms with Crippen molar-refractivity contribution < 1.29 is 15.0 Å². The van der Waals surface area contributed by atoms with Crippen LogP contribution in [-0.4, -0.2) is 28.8 Å². The maximum absolute atomic E-state index is 10.5. The monoisotopic (exact) mass is 195 g/mol. The number of aliphatic hydroxyl groups is 1. The number of carboxylic acids is 1. The van der Waals surface area contributed by atoms with Gasteiger partial charge in [0.05, 0.1) is 12.2 Å². The summed E-state index contributed by atoms with van der Waals surface area (Å²) in [4.78, 5) is 10.5. The van der Waals surface area contributed by atoms with Gasteiger partial charge in [-0.2, -0.15) is 0 Å². The van der Waals surface area contributed by atoms with Gasteiger partial charge in [0.1, 0.15) is 0 Å². The Morgan fingerprint density at radius 1 is 1.36 bits per heavy atom. The first kappa shape index (κ1) is 10.7. The molecule has 0 spiro atoms. The number of rotatable bonds is 4. The third kappa shape index (κ3) is 2.83. The average Bonchev–Trinajstić information content (AvgIpc) is 2.18. The third-order valence-electron chi connectivity index (χ3n) is 1.93. The molecule has 4 N–H and O–H groups in total. The molecule has 0 saturated carbocycles. The van der Waals surface area contributed by atoms with Crippen LogP contribution < -0.4 is 5.73 Å². The fourth-order valence-corrected chi connectivity index (χ4v) is 1.15. The van der Waals surface area contributed by atoms with Gasteiger partial charge >= 0.3 is 5.97 Å². The number of hydrogen-bond donors (Lipinski definition) is 3. The van der Waals surface area contributed by atoms with E-state index in [2.05, 4.69) is 0 Å². The zero-order chi connectivity index (χ0) is 10.6. The van der Waals surface area contributed by atoms with Gasteiger partial charge in [0, 0.05) is 6.04 Å². The van der Waals surface area contributed by atoms with Gasteiger partial charge in [0.25, 0.3) is 0 Å². The van der Waals surface area contributed by atoms with Gasteiger partial charge in [-0.15, -0.1) is 0 Å². The molecule has 0 bridgehead atoms. The number of aliphatic hydroxyl groups excluding tert-OH is 1. The van der Waals surface area contributed by atoms with Gasteiger partial charge < -0.3 is 15.9 Å². The highest BCUT2D eigenvalue weighted by molar-refractivity contribution is 5.87. The fraction of sp³-hybridized carbons (Fsp3) is 0.300. The fourth-order valence-electron chi connectivity index (χ4n) is 1.15. The zero-order valence-corrected chi connectivity index (χ0v) is 7.68. The number of carbonyl (C=O) groups is 1. The molecule has 1 rings (SSSR count). The molecule has 4 heteroatoms. The van der Waals surface area contributed by atoms with Crippen LogP contribution in [0.4, 0.5) is 0 Å². The van der Waals surface area contributed by atoms with Crippen molar-refractivity contribution in [2.75, 3.05) is 6.61 Å². The second kappa shape index (κ2) is 4.74. The molecule has 0 aliphatic heterocycles. The SMILES string of the molecule is N[C@@H](CO)Cc1ccc(C(=O)O)cc1. The first-order chi connectivity index (χ1) is 6.63. The lowest BCUT2D eigenvalue weighted by atomic mass is 10.1. The minimum absolute atomic E-state index is 0.0688. The molecule has 0 heterocycles. The van der Waals surface area contributed by atoms with Crippen molar-refractivity contribution >= 4 is 5.97 Å². The Balaban J connectivity index is 2.68. The largest absolute Gasteiger partial charge is 0.478 e. The quantitative estimate of drug-likeness (QED) is 0.643. The predicted molar refractivity (Wildman–Crippen MR) is 52.2 cm³/mol. The standard InChI is InChI=1S/C10H13NO3/c11-9(6-12)5-7-1-3-8(4-2-7)10(13)14/h1-4,9,12H,5-6,11H2,(H,13,14)/t9-/m1/s1. The van der Waals surface area contributed by atoms with Gasteiger partial charge in [-0.25, -0.2) is 4.79 Å². The molecular formula is C10H13NO3. The molecule has 0 aliphatic rings. The summed E-state index contributed by atoms with van der Waals surface area (Å²) in [7, 11) is 0. The summed E-state index contributed by atoms with van der Waals surface area (Å²) in [5, 5.41) is 17.4. The highest BCUT2D eigenvalue weighted by Gasteiger charge is 2.04. The van der Waals surface area contributed by atoms with Crippen molar-refractivity contribution in [1.29, 1.82) is 0 Å². The van der Waals surface area contributed by atoms with E-state index in [0.717, 1.165) is 5.56 Å². The number of nitrogens with two attached hydrogens (primary N) is 1. The van der Waals surface area contributed by atoms with Crippen molar-refractivity contribution in [2.24, 2.45) is 5.73 Å². The molecule has 0 radical (unpaired) electrons. The summed E-state index contributed by atoms with van der Waals surface area (Å²) in [6.07, 6.45) is 0.552. The molecule has 0 aromatic heterocycles. The van der Waals surface area contributed by atoms with Crippen molar-refractivity contribution in [3.05, 3.63) is 35.4 Å². The maximum atomic E-state index is 10.5. The van der Waals surface area contributed by atoms with Crippen LogP contribution in [0.2, 0.25) is 0 Å². The molecule has 14 heavy (non-hydrogen) atoms. The van der Waals surface area contributed by atoms with E-state index in [1.807, 2.05) is 0 Å². The topological polar surface area (TPSA) is 83.5 Å². The molecule has 0 aliphatic carbocycles. The van der Waals surface area contributed by atoms with E-state index in [-0.39, 0.29) is 18.2 Å². The molecule has 76 valence electrons.